The quantitative estimate of drug-likeness (QED) is 0.788. The van der Waals surface area contributed by atoms with Crippen LogP contribution in [0, 0.1) is 6.92 Å². The molecule has 0 aliphatic heterocycles. The summed E-state index contributed by atoms with van der Waals surface area (Å²) in [4.78, 5) is 16.6. The maximum Gasteiger partial charge on any atom is 0.281 e. The summed E-state index contributed by atoms with van der Waals surface area (Å²) in [5.74, 6) is 0.137. The first-order valence-electron chi connectivity index (χ1n) is 6.65. The van der Waals surface area contributed by atoms with Crippen LogP contribution < -0.4 is 5.73 Å². The van der Waals surface area contributed by atoms with Crippen LogP contribution >= 0.6 is 11.6 Å². The Bertz CT molecular complexity index is 840. The average Bonchev–Trinajstić information content (AvgIpc) is 2.89. The molecule has 0 unspecified atom stereocenters. The maximum atomic E-state index is 12.4. The van der Waals surface area contributed by atoms with Gasteiger partial charge in [0.25, 0.3) is 5.91 Å². The molecule has 3 aromatic rings. The van der Waals surface area contributed by atoms with Crippen LogP contribution in [0.4, 0.5) is 5.95 Å². The van der Waals surface area contributed by atoms with E-state index in [9.17, 15) is 4.79 Å². The van der Waals surface area contributed by atoms with Crippen LogP contribution in [0.1, 0.15) is 15.9 Å². The van der Waals surface area contributed by atoms with Crippen molar-refractivity contribution in [2.75, 3.05) is 5.73 Å². The van der Waals surface area contributed by atoms with Crippen molar-refractivity contribution >= 4 is 23.5 Å². The number of carbonyl (C=O) groups excluding carboxylic acids is 1. The topological polar surface area (TPSA) is 73.8 Å². The smallest absolute Gasteiger partial charge is 0.281 e. The van der Waals surface area contributed by atoms with Crippen LogP contribution in [0.3, 0.4) is 0 Å². The molecule has 0 radical (unpaired) electrons. The Balaban J connectivity index is 2.01. The summed E-state index contributed by atoms with van der Waals surface area (Å²) in [7, 11) is 0. The summed E-state index contributed by atoms with van der Waals surface area (Å²) < 4.78 is 1.10. The minimum absolute atomic E-state index is 0.0539. The lowest BCUT2D eigenvalue weighted by molar-refractivity contribution is 0.0948. The average molecular weight is 313 g/mol. The number of nitrogen functional groups attached to an aromatic ring is 1. The molecular formula is C16H13ClN4O. The number of rotatable bonds is 2. The zero-order chi connectivity index (χ0) is 15.7. The van der Waals surface area contributed by atoms with Crippen molar-refractivity contribution in [3.8, 4) is 11.4 Å². The third-order valence-electron chi connectivity index (χ3n) is 3.30. The molecule has 0 saturated heterocycles. The number of nitrogens with two attached hydrogens (primary N) is 1. The summed E-state index contributed by atoms with van der Waals surface area (Å²) in [6, 6.07) is 14.2. The molecule has 2 N–H and O–H groups in total. The van der Waals surface area contributed by atoms with E-state index in [1.54, 1.807) is 24.3 Å². The van der Waals surface area contributed by atoms with Gasteiger partial charge in [-0.1, -0.05) is 35.9 Å². The van der Waals surface area contributed by atoms with Gasteiger partial charge in [-0.3, -0.25) is 4.79 Å². The van der Waals surface area contributed by atoms with Crippen LogP contribution in [0.25, 0.3) is 11.4 Å². The van der Waals surface area contributed by atoms with Gasteiger partial charge in [-0.15, -0.1) is 5.10 Å². The molecule has 1 aromatic heterocycles. The predicted octanol–water partition coefficient (Wildman–Crippen LogP) is 3.18. The first-order chi connectivity index (χ1) is 10.6. The molecule has 0 bridgehead atoms. The Morgan fingerprint density at radius 3 is 2.50 bits per heavy atom. The number of nitrogens with zero attached hydrogens (tertiary/aromatic N) is 3. The molecule has 2 aromatic carbocycles. The second-order valence-corrected chi connectivity index (χ2v) is 5.27. The molecule has 0 atom stereocenters. The van der Waals surface area contributed by atoms with Gasteiger partial charge in [0.15, 0.2) is 5.82 Å². The first kappa shape index (κ1) is 14.3. The summed E-state index contributed by atoms with van der Waals surface area (Å²) in [6.45, 7) is 1.95. The standard InChI is InChI=1S/C16H13ClN4O/c1-10-4-2-3-5-13(10)14-19-16(18)21(20-14)15(22)11-6-8-12(17)9-7-11/h2-9H,1H3,(H2,18,19,20). The highest BCUT2D eigenvalue weighted by molar-refractivity contribution is 6.30. The van der Waals surface area contributed by atoms with Crippen molar-refractivity contribution in [1.29, 1.82) is 0 Å². The summed E-state index contributed by atoms with van der Waals surface area (Å²) in [5, 5.41) is 4.80. The molecule has 3 rings (SSSR count). The number of carbonyl (C=O) groups is 1. The number of halogens is 1. The molecule has 1 heterocycles. The van der Waals surface area contributed by atoms with Gasteiger partial charge in [0, 0.05) is 16.1 Å². The first-order valence-corrected chi connectivity index (χ1v) is 7.03. The van der Waals surface area contributed by atoms with E-state index in [2.05, 4.69) is 10.1 Å². The molecule has 5 nitrogen and oxygen atoms in total. The molecule has 0 amide bonds. The molecule has 6 heteroatoms. The van der Waals surface area contributed by atoms with Gasteiger partial charge in [0.2, 0.25) is 5.95 Å². The highest BCUT2D eigenvalue weighted by atomic mass is 35.5. The monoisotopic (exact) mass is 312 g/mol. The van der Waals surface area contributed by atoms with Crippen LogP contribution in [-0.2, 0) is 0 Å². The Labute approximate surface area is 132 Å². The van der Waals surface area contributed by atoms with E-state index >= 15 is 0 Å². The Morgan fingerprint density at radius 1 is 1.14 bits per heavy atom. The fourth-order valence-electron chi connectivity index (χ4n) is 2.13. The van der Waals surface area contributed by atoms with Crippen molar-refractivity contribution in [3.63, 3.8) is 0 Å². The lowest BCUT2D eigenvalue weighted by atomic mass is 10.1. The highest BCUT2D eigenvalue weighted by Gasteiger charge is 2.17. The summed E-state index contributed by atoms with van der Waals surface area (Å²) in [6.07, 6.45) is 0. The van der Waals surface area contributed by atoms with Crippen molar-refractivity contribution in [1.82, 2.24) is 14.8 Å². The Morgan fingerprint density at radius 2 is 1.82 bits per heavy atom. The molecule has 0 saturated carbocycles. The molecule has 110 valence electrons. The van der Waals surface area contributed by atoms with E-state index in [0.29, 0.717) is 16.4 Å². The van der Waals surface area contributed by atoms with Crippen LogP contribution in [0.2, 0.25) is 5.02 Å². The predicted molar refractivity (Wildman–Crippen MR) is 85.8 cm³/mol. The van der Waals surface area contributed by atoms with Gasteiger partial charge < -0.3 is 5.73 Å². The number of anilines is 1. The zero-order valence-electron chi connectivity index (χ0n) is 11.8. The van der Waals surface area contributed by atoms with E-state index in [1.807, 2.05) is 31.2 Å². The molecule has 0 aliphatic carbocycles. The van der Waals surface area contributed by atoms with Gasteiger partial charge in [-0.05, 0) is 36.8 Å². The van der Waals surface area contributed by atoms with Crippen LogP contribution in [-0.4, -0.2) is 20.7 Å². The summed E-state index contributed by atoms with van der Waals surface area (Å²) >= 11 is 5.82. The van der Waals surface area contributed by atoms with Gasteiger partial charge in [-0.2, -0.15) is 9.67 Å². The van der Waals surface area contributed by atoms with Crippen molar-refractivity contribution in [2.24, 2.45) is 0 Å². The fourth-order valence-corrected chi connectivity index (χ4v) is 2.25. The molecule has 0 fully saturated rings. The van der Waals surface area contributed by atoms with E-state index in [0.717, 1.165) is 15.8 Å². The molecule has 22 heavy (non-hydrogen) atoms. The largest absolute Gasteiger partial charge is 0.368 e. The van der Waals surface area contributed by atoms with E-state index in [-0.39, 0.29) is 11.9 Å². The number of hydrogen-bond donors (Lipinski definition) is 1. The third-order valence-corrected chi connectivity index (χ3v) is 3.55. The number of aryl methyl sites for hydroxylation is 1. The zero-order valence-corrected chi connectivity index (χ0v) is 12.6. The SMILES string of the molecule is Cc1ccccc1-c1nc(N)n(C(=O)c2ccc(Cl)cc2)n1. The molecule has 0 aliphatic rings. The van der Waals surface area contributed by atoms with Crippen molar-refractivity contribution in [2.45, 2.75) is 6.92 Å². The number of aromatic nitrogens is 3. The lowest BCUT2D eigenvalue weighted by Gasteiger charge is -2.02. The van der Waals surface area contributed by atoms with E-state index in [1.165, 1.54) is 0 Å². The lowest BCUT2D eigenvalue weighted by Crippen LogP contribution is -2.16. The Kier molecular flexibility index (Phi) is 3.65. The molecular weight excluding hydrogens is 300 g/mol. The number of hydrogen-bond acceptors (Lipinski definition) is 4. The highest BCUT2D eigenvalue weighted by Crippen LogP contribution is 2.21. The fraction of sp³-hybridized carbons (Fsp3) is 0.0625. The van der Waals surface area contributed by atoms with Gasteiger partial charge in [0.05, 0.1) is 0 Å². The normalized spacial score (nSPS) is 10.6. The van der Waals surface area contributed by atoms with Crippen molar-refractivity contribution in [3.05, 3.63) is 64.7 Å². The third kappa shape index (κ3) is 2.58. The second kappa shape index (κ2) is 5.61. The van der Waals surface area contributed by atoms with Gasteiger partial charge >= 0.3 is 0 Å². The van der Waals surface area contributed by atoms with Gasteiger partial charge in [0.1, 0.15) is 0 Å². The van der Waals surface area contributed by atoms with E-state index in [4.69, 9.17) is 17.3 Å². The van der Waals surface area contributed by atoms with Gasteiger partial charge in [-0.25, -0.2) is 0 Å². The minimum Gasteiger partial charge on any atom is -0.368 e. The van der Waals surface area contributed by atoms with Crippen LogP contribution in [0.15, 0.2) is 48.5 Å². The summed E-state index contributed by atoms with van der Waals surface area (Å²) in [5.41, 5.74) is 8.14. The van der Waals surface area contributed by atoms with Crippen molar-refractivity contribution < 1.29 is 4.79 Å². The number of benzene rings is 2. The second-order valence-electron chi connectivity index (χ2n) is 4.83. The van der Waals surface area contributed by atoms with Crippen LogP contribution in [0.5, 0.6) is 0 Å². The molecule has 0 spiro atoms. The Hall–Kier alpha value is -2.66. The minimum atomic E-state index is -0.346. The van der Waals surface area contributed by atoms with E-state index < -0.39 is 0 Å². The maximum absolute atomic E-state index is 12.4.